The number of hydrogen-bond donors (Lipinski definition) is 2. The topological polar surface area (TPSA) is 90.6 Å². The number of amides is 1. The molecule has 2 rings (SSSR count). The molecule has 0 aromatic carbocycles. The van der Waals surface area contributed by atoms with Gasteiger partial charge in [-0.15, -0.1) is 0 Å². The summed E-state index contributed by atoms with van der Waals surface area (Å²) < 4.78 is 5.33. The summed E-state index contributed by atoms with van der Waals surface area (Å²) in [7, 11) is 0. The third kappa shape index (κ3) is 6.31. The molecule has 0 spiro atoms. The van der Waals surface area contributed by atoms with Crippen molar-refractivity contribution in [1.82, 2.24) is 20.2 Å². The van der Waals surface area contributed by atoms with E-state index in [9.17, 15) is 9.59 Å². The highest BCUT2D eigenvalue weighted by Gasteiger charge is 2.17. The quantitative estimate of drug-likeness (QED) is 0.653. The lowest BCUT2D eigenvalue weighted by Crippen LogP contribution is -2.42. The number of rotatable bonds is 9. The number of carbonyl (C=O) groups is 1. The van der Waals surface area contributed by atoms with Gasteiger partial charge in [-0.2, -0.15) is 0 Å². The van der Waals surface area contributed by atoms with Crippen LogP contribution in [-0.4, -0.2) is 72.3 Å². The van der Waals surface area contributed by atoms with Crippen molar-refractivity contribution in [2.75, 3.05) is 44.3 Å². The minimum Gasteiger partial charge on any atom is -0.378 e. The van der Waals surface area contributed by atoms with Crippen molar-refractivity contribution in [3.8, 4) is 0 Å². The highest BCUT2D eigenvalue weighted by Crippen LogP contribution is 2.11. The molecule has 0 unspecified atom stereocenters. The summed E-state index contributed by atoms with van der Waals surface area (Å²) in [5.74, 6) is 0.546. The van der Waals surface area contributed by atoms with Crippen molar-refractivity contribution >= 4 is 11.9 Å². The van der Waals surface area contributed by atoms with Gasteiger partial charge in [0.25, 0.3) is 5.56 Å². The number of anilines is 1. The Balaban J connectivity index is 1.86. The minimum absolute atomic E-state index is 0.0384. The molecule has 1 aliphatic heterocycles. The summed E-state index contributed by atoms with van der Waals surface area (Å²) in [5.41, 5.74) is 1.11. The third-order valence-corrected chi connectivity index (χ3v) is 5.14. The van der Waals surface area contributed by atoms with Gasteiger partial charge in [0.05, 0.1) is 13.2 Å². The molecule has 158 valence electrons. The molecule has 28 heavy (non-hydrogen) atoms. The van der Waals surface area contributed by atoms with Gasteiger partial charge in [0.15, 0.2) is 0 Å². The Morgan fingerprint density at radius 1 is 1.25 bits per heavy atom. The van der Waals surface area contributed by atoms with E-state index in [0.29, 0.717) is 68.6 Å². The molecule has 1 saturated heterocycles. The monoisotopic (exact) mass is 393 g/mol. The number of aromatic amines is 1. The number of aryl methyl sites for hydroxylation is 1. The number of carbonyl (C=O) groups excluding carboxylic acids is 1. The maximum Gasteiger partial charge on any atom is 0.255 e. The molecule has 0 aliphatic carbocycles. The molecule has 0 radical (unpaired) electrons. The Hall–Kier alpha value is -1.93. The normalized spacial score (nSPS) is 14.9. The van der Waals surface area contributed by atoms with Crippen LogP contribution in [0.3, 0.4) is 0 Å². The summed E-state index contributed by atoms with van der Waals surface area (Å²) in [6.07, 6.45) is 0.674. The highest BCUT2D eigenvalue weighted by molar-refractivity contribution is 5.76. The molecule has 0 saturated carbocycles. The lowest BCUT2D eigenvalue weighted by molar-refractivity contribution is -0.121. The number of H-pyrrole nitrogens is 1. The van der Waals surface area contributed by atoms with Crippen molar-refractivity contribution in [2.24, 2.45) is 0 Å². The first kappa shape index (κ1) is 22.4. The van der Waals surface area contributed by atoms with Gasteiger partial charge in [-0.1, -0.05) is 0 Å². The van der Waals surface area contributed by atoms with Gasteiger partial charge in [-0.25, -0.2) is 4.98 Å². The first-order chi connectivity index (χ1) is 13.3. The van der Waals surface area contributed by atoms with Crippen LogP contribution >= 0.6 is 0 Å². The van der Waals surface area contributed by atoms with Gasteiger partial charge in [0.2, 0.25) is 11.9 Å². The average molecular weight is 394 g/mol. The van der Waals surface area contributed by atoms with Crippen molar-refractivity contribution in [1.29, 1.82) is 0 Å². The Morgan fingerprint density at radius 2 is 1.89 bits per heavy atom. The zero-order valence-electron chi connectivity index (χ0n) is 17.9. The summed E-state index contributed by atoms with van der Waals surface area (Å²) in [6, 6.07) is 0.878. The van der Waals surface area contributed by atoms with Crippen LogP contribution in [0.5, 0.6) is 0 Å². The fourth-order valence-corrected chi connectivity index (χ4v) is 3.58. The van der Waals surface area contributed by atoms with Crippen LogP contribution in [0.1, 0.15) is 45.4 Å². The highest BCUT2D eigenvalue weighted by atomic mass is 16.5. The number of hydrogen-bond acceptors (Lipinski definition) is 6. The smallest absolute Gasteiger partial charge is 0.255 e. The maximum absolute atomic E-state index is 12.5. The Bertz CT molecular complexity index is 688. The van der Waals surface area contributed by atoms with E-state index >= 15 is 0 Å². The van der Waals surface area contributed by atoms with Crippen molar-refractivity contribution < 1.29 is 9.53 Å². The summed E-state index contributed by atoms with van der Waals surface area (Å²) >= 11 is 0. The van der Waals surface area contributed by atoms with Gasteiger partial charge < -0.3 is 15.0 Å². The van der Waals surface area contributed by atoms with Crippen LogP contribution in [0.4, 0.5) is 5.95 Å². The fourth-order valence-electron chi connectivity index (χ4n) is 3.58. The second-order valence-electron chi connectivity index (χ2n) is 7.83. The van der Waals surface area contributed by atoms with E-state index in [1.54, 1.807) is 0 Å². The Labute approximate surface area is 167 Å². The largest absolute Gasteiger partial charge is 0.378 e. The van der Waals surface area contributed by atoms with E-state index in [1.807, 2.05) is 11.8 Å². The molecular formula is C20H35N5O3. The number of nitrogens with one attached hydrogen (secondary N) is 2. The van der Waals surface area contributed by atoms with E-state index in [0.717, 1.165) is 6.54 Å². The predicted molar refractivity (Wildman–Crippen MR) is 111 cm³/mol. The average Bonchev–Trinajstić information content (AvgIpc) is 2.64. The van der Waals surface area contributed by atoms with Crippen LogP contribution in [0.25, 0.3) is 0 Å². The molecule has 1 aromatic heterocycles. The van der Waals surface area contributed by atoms with Crippen LogP contribution in [0.2, 0.25) is 0 Å². The second kappa shape index (κ2) is 10.6. The Morgan fingerprint density at radius 3 is 2.46 bits per heavy atom. The predicted octanol–water partition coefficient (Wildman–Crippen LogP) is 1.08. The van der Waals surface area contributed by atoms with E-state index in [-0.39, 0.29) is 17.9 Å². The van der Waals surface area contributed by atoms with Crippen molar-refractivity contribution in [3.05, 3.63) is 21.6 Å². The molecule has 1 aliphatic rings. The fraction of sp³-hybridized carbons (Fsp3) is 0.750. The van der Waals surface area contributed by atoms with Crippen LogP contribution in [0, 0.1) is 6.92 Å². The summed E-state index contributed by atoms with van der Waals surface area (Å²) in [6.45, 7) is 14.6. The van der Waals surface area contributed by atoms with Crippen LogP contribution in [0.15, 0.2) is 4.79 Å². The SMILES string of the molecule is Cc1nc(N2CCOCC2)[nH]c(=O)c1CCC(=O)NCCN(C(C)C)C(C)C. The van der Waals surface area contributed by atoms with E-state index in [1.165, 1.54) is 0 Å². The molecule has 2 heterocycles. The van der Waals surface area contributed by atoms with E-state index in [4.69, 9.17) is 4.74 Å². The van der Waals surface area contributed by atoms with Crippen molar-refractivity contribution in [3.63, 3.8) is 0 Å². The first-order valence-corrected chi connectivity index (χ1v) is 10.2. The lowest BCUT2D eigenvalue weighted by atomic mass is 10.1. The Kier molecular flexibility index (Phi) is 8.44. The maximum atomic E-state index is 12.5. The van der Waals surface area contributed by atoms with E-state index < -0.39 is 0 Å². The summed E-state index contributed by atoms with van der Waals surface area (Å²) in [5, 5.41) is 2.96. The number of aromatic nitrogens is 2. The number of nitrogens with zero attached hydrogens (tertiary/aromatic N) is 3. The van der Waals surface area contributed by atoms with Crippen molar-refractivity contribution in [2.45, 2.75) is 59.5 Å². The lowest BCUT2D eigenvalue weighted by Gasteiger charge is -2.30. The number of morpholine rings is 1. The zero-order valence-corrected chi connectivity index (χ0v) is 17.9. The number of ether oxygens (including phenoxy) is 1. The standard InChI is InChI=1S/C20H35N5O3/c1-14(2)25(15(3)4)9-8-21-18(26)7-6-17-16(5)22-20(23-19(17)27)24-10-12-28-13-11-24/h14-15H,6-13H2,1-5H3,(H,21,26)(H,22,23,27). The molecule has 0 bridgehead atoms. The molecule has 1 amide bonds. The minimum atomic E-state index is -0.160. The second-order valence-corrected chi connectivity index (χ2v) is 7.83. The molecule has 0 atom stereocenters. The van der Waals surface area contributed by atoms with Crippen LogP contribution < -0.4 is 15.8 Å². The van der Waals surface area contributed by atoms with E-state index in [2.05, 4.69) is 47.9 Å². The molecule has 2 N–H and O–H groups in total. The van der Waals surface area contributed by atoms with Crippen LogP contribution in [-0.2, 0) is 16.0 Å². The summed E-state index contributed by atoms with van der Waals surface area (Å²) in [4.78, 5) is 36.4. The van der Waals surface area contributed by atoms with Gasteiger partial charge in [0, 0.05) is 55.9 Å². The molecular weight excluding hydrogens is 358 g/mol. The zero-order chi connectivity index (χ0) is 20.7. The first-order valence-electron chi connectivity index (χ1n) is 10.2. The molecule has 8 nitrogen and oxygen atoms in total. The third-order valence-electron chi connectivity index (χ3n) is 5.14. The van der Waals surface area contributed by atoms with Gasteiger partial charge in [0.1, 0.15) is 0 Å². The molecule has 1 aromatic rings. The van der Waals surface area contributed by atoms with Gasteiger partial charge in [-0.05, 0) is 41.0 Å². The molecule has 8 heteroatoms. The van der Waals surface area contributed by atoms with Gasteiger partial charge >= 0.3 is 0 Å². The van der Waals surface area contributed by atoms with Gasteiger partial charge in [-0.3, -0.25) is 19.5 Å². The molecule has 1 fully saturated rings.